The van der Waals surface area contributed by atoms with E-state index >= 15 is 0 Å². The van der Waals surface area contributed by atoms with Crippen LogP contribution in [0.15, 0.2) is 60.8 Å². The molecule has 0 spiro atoms. The van der Waals surface area contributed by atoms with E-state index in [1.165, 1.54) is 0 Å². The molecule has 1 saturated carbocycles. The highest BCUT2D eigenvalue weighted by Gasteiger charge is 2.51. The van der Waals surface area contributed by atoms with E-state index in [1.54, 1.807) is 0 Å². The van der Waals surface area contributed by atoms with Crippen LogP contribution in [0.2, 0.25) is 0 Å². The predicted molar refractivity (Wildman–Crippen MR) is 207 cm³/mol. The first-order valence-corrected chi connectivity index (χ1v) is 21.1. The molecule has 1 rings (SSSR count). The molecule has 6 atom stereocenters. The van der Waals surface area contributed by atoms with Gasteiger partial charge in [0.25, 0.3) is 0 Å². The van der Waals surface area contributed by atoms with Crippen LogP contribution in [0.5, 0.6) is 0 Å². The van der Waals surface area contributed by atoms with E-state index in [0.29, 0.717) is 19.3 Å². The van der Waals surface area contributed by atoms with Gasteiger partial charge in [0, 0.05) is 12.8 Å². The zero-order chi connectivity index (χ0) is 40.0. The number of ether oxygens (including phenoxy) is 2. The Labute approximate surface area is 322 Å². The van der Waals surface area contributed by atoms with Crippen LogP contribution in [-0.4, -0.2) is 98.3 Å². The van der Waals surface area contributed by atoms with E-state index in [9.17, 15) is 44.6 Å². The molecule has 0 saturated heterocycles. The highest BCUT2D eigenvalue weighted by Crippen LogP contribution is 2.47. The Hall–Kier alpha value is -2.45. The smallest absolute Gasteiger partial charge is 0.462 e. The maximum Gasteiger partial charge on any atom is 0.472 e. The molecule has 1 aliphatic carbocycles. The highest BCUT2D eigenvalue weighted by molar-refractivity contribution is 7.47. The van der Waals surface area contributed by atoms with Crippen molar-refractivity contribution in [3.05, 3.63) is 60.8 Å². The molecule has 310 valence electrons. The van der Waals surface area contributed by atoms with Gasteiger partial charge in [-0.3, -0.25) is 18.6 Å². The van der Waals surface area contributed by atoms with Crippen molar-refractivity contribution in [1.29, 1.82) is 0 Å². The summed E-state index contributed by atoms with van der Waals surface area (Å²) >= 11 is 0. The molecule has 6 unspecified atom stereocenters. The van der Waals surface area contributed by atoms with Gasteiger partial charge in [-0.2, -0.15) is 0 Å². The van der Waals surface area contributed by atoms with Crippen molar-refractivity contribution in [2.24, 2.45) is 0 Å². The Morgan fingerprint density at radius 2 is 1.06 bits per heavy atom. The molecular formula is C40H67O13P. The molecule has 0 heterocycles. The van der Waals surface area contributed by atoms with Crippen molar-refractivity contribution >= 4 is 19.8 Å². The second-order valence-electron chi connectivity index (χ2n) is 13.4. The fourth-order valence-corrected chi connectivity index (χ4v) is 6.37. The molecule has 0 aromatic heterocycles. The molecule has 54 heavy (non-hydrogen) atoms. The van der Waals surface area contributed by atoms with E-state index in [4.69, 9.17) is 18.5 Å². The van der Waals surface area contributed by atoms with E-state index in [0.717, 1.165) is 77.0 Å². The predicted octanol–water partition coefficient (Wildman–Crippen LogP) is 6.21. The van der Waals surface area contributed by atoms with Gasteiger partial charge in [-0.05, 0) is 70.6 Å². The first kappa shape index (κ1) is 49.6. The van der Waals surface area contributed by atoms with Crippen molar-refractivity contribution in [2.45, 2.75) is 166 Å². The fourth-order valence-electron chi connectivity index (χ4n) is 5.40. The van der Waals surface area contributed by atoms with Gasteiger partial charge in [0.05, 0.1) is 6.61 Å². The van der Waals surface area contributed by atoms with Crippen LogP contribution in [0.3, 0.4) is 0 Å². The maximum absolute atomic E-state index is 12.7. The molecule has 13 nitrogen and oxygen atoms in total. The lowest BCUT2D eigenvalue weighted by Crippen LogP contribution is -2.64. The monoisotopic (exact) mass is 786 g/mol. The summed E-state index contributed by atoms with van der Waals surface area (Å²) in [5.74, 6) is -1.17. The van der Waals surface area contributed by atoms with Gasteiger partial charge >= 0.3 is 19.8 Å². The maximum atomic E-state index is 12.7. The Bertz CT molecular complexity index is 1180. The van der Waals surface area contributed by atoms with Crippen LogP contribution in [0.1, 0.15) is 123 Å². The first-order valence-electron chi connectivity index (χ1n) is 19.6. The number of aliphatic hydroxyl groups is 5. The van der Waals surface area contributed by atoms with Gasteiger partial charge in [0.15, 0.2) is 6.10 Å². The Balaban J connectivity index is 2.58. The lowest BCUT2D eigenvalue weighted by Gasteiger charge is -2.41. The first-order chi connectivity index (χ1) is 25.9. The summed E-state index contributed by atoms with van der Waals surface area (Å²) in [6.45, 7) is 3.03. The highest BCUT2D eigenvalue weighted by atomic mass is 31.2. The van der Waals surface area contributed by atoms with E-state index in [2.05, 4.69) is 68.5 Å². The summed E-state index contributed by atoms with van der Waals surface area (Å²) in [4.78, 5) is 35.4. The number of hydrogen-bond donors (Lipinski definition) is 6. The molecule has 1 aliphatic rings. The second-order valence-corrected chi connectivity index (χ2v) is 14.8. The lowest BCUT2D eigenvalue weighted by molar-refractivity contribution is -0.220. The van der Waals surface area contributed by atoms with Crippen LogP contribution in [0.25, 0.3) is 0 Å². The topological polar surface area (TPSA) is 210 Å². The molecule has 0 aromatic carbocycles. The number of rotatable bonds is 30. The zero-order valence-corrected chi connectivity index (χ0v) is 33.1. The van der Waals surface area contributed by atoms with E-state index < -0.39 is 75.7 Å². The summed E-state index contributed by atoms with van der Waals surface area (Å²) in [7, 11) is -5.12. The summed E-state index contributed by atoms with van der Waals surface area (Å²) in [5.41, 5.74) is 0. The number of phosphoric ester groups is 1. The van der Waals surface area contributed by atoms with Crippen molar-refractivity contribution in [3.63, 3.8) is 0 Å². The minimum Gasteiger partial charge on any atom is -0.462 e. The third-order valence-electron chi connectivity index (χ3n) is 8.57. The van der Waals surface area contributed by atoms with Gasteiger partial charge in [-0.1, -0.05) is 100 Å². The van der Waals surface area contributed by atoms with Gasteiger partial charge < -0.3 is 39.9 Å². The van der Waals surface area contributed by atoms with E-state index in [-0.39, 0.29) is 12.8 Å². The standard InChI is InChI=1S/C40H67O13P/c1-3-5-7-9-11-13-15-16-17-18-19-21-23-25-27-29-34(42)52-32(30-50-33(41)28-26-24-22-20-14-12-10-8-6-4-2)31-51-54(48,49)53-40-38(46)36(44)35(43)37(45)39(40)47/h5,7-8,10-11,13,16-17,19,21,32,35-40,43-47H,3-4,6,9,12,14-15,18,20,22-31H2,1-2H3,(H,48,49)/b7-5-,10-8-,13-11-,17-16-,21-19-. The number of unbranched alkanes of at least 4 members (excludes halogenated alkanes) is 8. The van der Waals surface area contributed by atoms with Crippen molar-refractivity contribution < 1.29 is 63.1 Å². The van der Waals surface area contributed by atoms with Crippen LogP contribution in [0.4, 0.5) is 0 Å². The molecular weight excluding hydrogens is 719 g/mol. The zero-order valence-electron chi connectivity index (χ0n) is 32.2. The normalized spacial score (nSPS) is 23.9. The average Bonchev–Trinajstić information content (AvgIpc) is 3.15. The van der Waals surface area contributed by atoms with E-state index in [1.807, 2.05) is 6.08 Å². The largest absolute Gasteiger partial charge is 0.472 e. The van der Waals surface area contributed by atoms with Crippen LogP contribution in [0, 0.1) is 0 Å². The summed E-state index contributed by atoms with van der Waals surface area (Å²) < 4.78 is 33.3. The number of esters is 2. The molecule has 0 amide bonds. The molecule has 1 fully saturated rings. The molecule has 0 aromatic rings. The molecule has 0 bridgehead atoms. The van der Waals surface area contributed by atoms with Gasteiger partial charge in [-0.15, -0.1) is 0 Å². The Kier molecular flexibility index (Phi) is 28.2. The Morgan fingerprint density at radius 3 is 1.67 bits per heavy atom. The number of carbonyl (C=O) groups excluding carboxylic acids is 2. The number of carbonyl (C=O) groups is 2. The third-order valence-corrected chi connectivity index (χ3v) is 9.56. The lowest BCUT2D eigenvalue weighted by atomic mass is 9.85. The summed E-state index contributed by atoms with van der Waals surface area (Å²) in [6, 6.07) is 0. The molecule has 0 radical (unpaired) electrons. The van der Waals surface area contributed by atoms with Gasteiger partial charge in [0.2, 0.25) is 0 Å². The fraction of sp³-hybridized carbons (Fsp3) is 0.700. The summed E-state index contributed by atoms with van der Waals surface area (Å²) in [5, 5.41) is 49.9. The Morgan fingerprint density at radius 1 is 0.593 bits per heavy atom. The minimum absolute atomic E-state index is 0.0399. The van der Waals surface area contributed by atoms with Crippen LogP contribution in [-0.2, 0) is 32.7 Å². The average molecular weight is 787 g/mol. The number of phosphoric acid groups is 1. The van der Waals surface area contributed by atoms with Crippen LogP contribution >= 0.6 is 7.82 Å². The molecule has 6 N–H and O–H groups in total. The van der Waals surface area contributed by atoms with Gasteiger partial charge in [0.1, 0.15) is 43.2 Å². The minimum atomic E-state index is -5.12. The number of hydrogen-bond acceptors (Lipinski definition) is 12. The molecule has 14 heteroatoms. The number of aliphatic hydroxyl groups excluding tert-OH is 5. The van der Waals surface area contributed by atoms with Crippen molar-refractivity contribution in [3.8, 4) is 0 Å². The quantitative estimate of drug-likeness (QED) is 0.0207. The van der Waals surface area contributed by atoms with Crippen molar-refractivity contribution in [2.75, 3.05) is 13.2 Å². The number of allylic oxidation sites excluding steroid dienone is 10. The van der Waals surface area contributed by atoms with Crippen molar-refractivity contribution in [1.82, 2.24) is 0 Å². The van der Waals surface area contributed by atoms with Crippen LogP contribution < -0.4 is 0 Å². The third kappa shape index (κ3) is 23.5. The molecule has 0 aliphatic heterocycles. The second kappa shape index (κ2) is 30.7. The SMILES string of the molecule is CC/C=C\C/C=C\C/C=C\C/C=C\CCCCC(=O)OC(COC(=O)CCCCCCC/C=C\CCC)COP(=O)(O)OC1C(O)C(O)C(O)C(O)C1O. The summed E-state index contributed by atoms with van der Waals surface area (Å²) in [6.07, 6.45) is 21.7. The van der Waals surface area contributed by atoms with Gasteiger partial charge in [-0.25, -0.2) is 4.57 Å².